The molecule has 7 heteroatoms. The highest BCUT2D eigenvalue weighted by molar-refractivity contribution is 6.13. The minimum Gasteiger partial charge on any atom is -0.480 e. The fraction of sp³-hybridized carbons (Fsp3) is 0.292. The summed E-state index contributed by atoms with van der Waals surface area (Å²) in [6.07, 6.45) is 3.49. The Kier molecular flexibility index (Phi) is 7.07. The lowest BCUT2D eigenvalue weighted by molar-refractivity contribution is -0.143. The number of hydrogen-bond donors (Lipinski definition) is 2. The molecule has 2 N–H and O–H groups in total. The Labute approximate surface area is 180 Å². The van der Waals surface area contributed by atoms with E-state index in [0.29, 0.717) is 42.7 Å². The number of aryl methyl sites for hydroxylation is 1. The molecule has 1 aromatic carbocycles. The molecule has 0 spiro atoms. The number of ketones is 1. The van der Waals surface area contributed by atoms with E-state index in [9.17, 15) is 14.4 Å². The van der Waals surface area contributed by atoms with Crippen LogP contribution >= 0.6 is 0 Å². The van der Waals surface area contributed by atoms with Crippen molar-refractivity contribution >= 4 is 28.9 Å². The van der Waals surface area contributed by atoms with Crippen LogP contribution in [0.3, 0.4) is 0 Å². The Morgan fingerprint density at radius 2 is 1.94 bits per heavy atom. The van der Waals surface area contributed by atoms with Crippen molar-refractivity contribution in [2.24, 2.45) is 0 Å². The van der Waals surface area contributed by atoms with Crippen LogP contribution in [-0.2, 0) is 20.7 Å². The van der Waals surface area contributed by atoms with Gasteiger partial charge >= 0.3 is 11.9 Å². The second kappa shape index (κ2) is 9.93. The summed E-state index contributed by atoms with van der Waals surface area (Å²) in [6.45, 7) is 3.69. The molecule has 0 aliphatic heterocycles. The van der Waals surface area contributed by atoms with E-state index in [-0.39, 0.29) is 11.8 Å². The number of carboxylic acids is 1. The van der Waals surface area contributed by atoms with Gasteiger partial charge in [-0.15, -0.1) is 0 Å². The average molecular weight is 422 g/mol. The van der Waals surface area contributed by atoms with Crippen molar-refractivity contribution in [3.8, 4) is 0 Å². The van der Waals surface area contributed by atoms with Crippen molar-refractivity contribution in [1.29, 1.82) is 0 Å². The molecule has 3 aromatic rings. The number of carboxylic acid groups (broad SMARTS) is 1. The highest BCUT2D eigenvalue weighted by Gasteiger charge is 2.18. The molecule has 2 heterocycles. The van der Waals surface area contributed by atoms with Crippen LogP contribution in [0.15, 0.2) is 54.7 Å². The second-order valence-corrected chi connectivity index (χ2v) is 7.28. The predicted molar refractivity (Wildman–Crippen MR) is 118 cm³/mol. The number of carbonyl (C=O) groups is 3. The minimum absolute atomic E-state index is 0.146. The van der Waals surface area contributed by atoms with E-state index < -0.39 is 12.0 Å². The number of hydrogen-bond acceptors (Lipinski definition) is 5. The summed E-state index contributed by atoms with van der Waals surface area (Å²) in [5.74, 6) is -1.34. The Morgan fingerprint density at radius 3 is 2.68 bits per heavy atom. The molecule has 0 radical (unpaired) electrons. The lowest BCUT2D eigenvalue weighted by atomic mass is 10.0. The number of pyridine rings is 1. The maximum absolute atomic E-state index is 13.3. The van der Waals surface area contributed by atoms with Gasteiger partial charge in [-0.05, 0) is 57.0 Å². The second-order valence-electron chi connectivity index (χ2n) is 7.28. The first-order chi connectivity index (χ1) is 14.9. The molecular weight excluding hydrogens is 396 g/mol. The summed E-state index contributed by atoms with van der Waals surface area (Å²) in [7, 11) is 0. The van der Waals surface area contributed by atoms with Gasteiger partial charge in [0.1, 0.15) is 6.04 Å². The normalized spacial score (nSPS) is 11.8. The molecule has 162 valence electrons. The third-order valence-electron chi connectivity index (χ3n) is 5.00. The molecule has 7 nitrogen and oxygen atoms in total. The van der Waals surface area contributed by atoms with Crippen molar-refractivity contribution in [1.82, 2.24) is 4.40 Å². The van der Waals surface area contributed by atoms with E-state index >= 15 is 0 Å². The largest absolute Gasteiger partial charge is 0.480 e. The number of benzene rings is 1. The van der Waals surface area contributed by atoms with E-state index in [0.717, 1.165) is 11.2 Å². The molecule has 0 fully saturated rings. The summed E-state index contributed by atoms with van der Waals surface area (Å²) in [4.78, 5) is 36.0. The third-order valence-corrected chi connectivity index (χ3v) is 5.00. The number of carbonyl (C=O) groups excluding carboxylic acids is 2. The van der Waals surface area contributed by atoms with Gasteiger partial charge in [0, 0.05) is 35.1 Å². The van der Waals surface area contributed by atoms with Gasteiger partial charge in [-0.1, -0.05) is 18.2 Å². The van der Waals surface area contributed by atoms with Crippen molar-refractivity contribution in [2.45, 2.75) is 39.2 Å². The van der Waals surface area contributed by atoms with Crippen LogP contribution in [0.4, 0.5) is 5.69 Å². The molecule has 1 unspecified atom stereocenters. The predicted octanol–water partition coefficient (Wildman–Crippen LogP) is 3.94. The van der Waals surface area contributed by atoms with Crippen molar-refractivity contribution < 1.29 is 24.2 Å². The number of aromatic nitrogens is 1. The van der Waals surface area contributed by atoms with Gasteiger partial charge in [-0.3, -0.25) is 14.4 Å². The molecule has 0 aliphatic rings. The first kappa shape index (κ1) is 22.1. The Bertz CT molecular complexity index is 1100. The van der Waals surface area contributed by atoms with Crippen LogP contribution in [0.5, 0.6) is 0 Å². The number of anilines is 1. The van der Waals surface area contributed by atoms with Crippen molar-refractivity contribution in [3.05, 3.63) is 71.5 Å². The van der Waals surface area contributed by atoms with Gasteiger partial charge in [0.25, 0.3) is 0 Å². The average Bonchev–Trinajstić information content (AvgIpc) is 3.12. The Balaban J connectivity index is 1.85. The standard InChI is InChI=1S/C24H26N2O5/c1-3-31-22(27)12-7-10-19-15-20(21-11-4-5-13-26(19)21)23(28)17-8-6-9-18(14-17)25-16(2)24(29)30/h4-6,8-9,11,13-16,25H,3,7,10,12H2,1-2H3,(H,29,30). The van der Waals surface area contributed by atoms with Crippen LogP contribution in [0.1, 0.15) is 48.3 Å². The van der Waals surface area contributed by atoms with Gasteiger partial charge in [0.15, 0.2) is 5.78 Å². The third kappa shape index (κ3) is 5.31. The molecule has 2 aromatic heterocycles. The monoisotopic (exact) mass is 422 g/mol. The zero-order chi connectivity index (χ0) is 22.4. The SMILES string of the molecule is CCOC(=O)CCCc1cc(C(=O)c2cccc(NC(C)C(=O)O)c2)c2ccccn12. The number of rotatable bonds is 10. The molecule has 0 amide bonds. The maximum atomic E-state index is 13.3. The smallest absolute Gasteiger partial charge is 0.325 e. The summed E-state index contributed by atoms with van der Waals surface area (Å²) in [6, 6.07) is 13.6. The van der Waals surface area contributed by atoms with Gasteiger partial charge in [0.05, 0.1) is 12.1 Å². The first-order valence-electron chi connectivity index (χ1n) is 10.3. The molecule has 0 saturated heterocycles. The van der Waals surface area contributed by atoms with Crippen LogP contribution in [0.2, 0.25) is 0 Å². The van der Waals surface area contributed by atoms with Gasteiger partial charge < -0.3 is 19.6 Å². The minimum atomic E-state index is -0.970. The maximum Gasteiger partial charge on any atom is 0.325 e. The quantitative estimate of drug-likeness (QED) is 0.379. The molecule has 1 atom stereocenters. The van der Waals surface area contributed by atoms with E-state index in [1.54, 1.807) is 38.1 Å². The molecule has 31 heavy (non-hydrogen) atoms. The Hall–Kier alpha value is -3.61. The number of nitrogens with zero attached hydrogens (tertiary/aromatic N) is 1. The van der Waals surface area contributed by atoms with E-state index in [1.165, 1.54) is 0 Å². The molecule has 0 saturated carbocycles. The number of nitrogens with one attached hydrogen (secondary N) is 1. The zero-order valence-electron chi connectivity index (χ0n) is 17.6. The topological polar surface area (TPSA) is 97.1 Å². The molecule has 0 aliphatic carbocycles. The van der Waals surface area contributed by atoms with Crippen LogP contribution in [0, 0.1) is 0 Å². The van der Waals surface area contributed by atoms with Gasteiger partial charge in [-0.2, -0.15) is 0 Å². The molecular formula is C24H26N2O5. The number of fused-ring (bicyclic) bond motifs is 1. The fourth-order valence-electron chi connectivity index (χ4n) is 3.46. The Morgan fingerprint density at radius 1 is 1.13 bits per heavy atom. The summed E-state index contributed by atoms with van der Waals surface area (Å²) < 4.78 is 6.94. The van der Waals surface area contributed by atoms with Crippen LogP contribution in [0.25, 0.3) is 5.52 Å². The van der Waals surface area contributed by atoms with E-state index in [1.807, 2.05) is 34.9 Å². The van der Waals surface area contributed by atoms with Gasteiger partial charge in [0.2, 0.25) is 0 Å². The van der Waals surface area contributed by atoms with E-state index in [4.69, 9.17) is 9.84 Å². The summed E-state index contributed by atoms with van der Waals surface area (Å²) in [5.41, 5.74) is 3.33. The van der Waals surface area contributed by atoms with E-state index in [2.05, 4.69) is 5.32 Å². The summed E-state index contributed by atoms with van der Waals surface area (Å²) in [5, 5.41) is 12.0. The van der Waals surface area contributed by atoms with Gasteiger partial charge in [-0.25, -0.2) is 0 Å². The van der Waals surface area contributed by atoms with Crippen molar-refractivity contribution in [2.75, 3.05) is 11.9 Å². The first-order valence-corrected chi connectivity index (χ1v) is 10.3. The molecule has 0 bridgehead atoms. The number of ether oxygens (including phenoxy) is 1. The molecule has 3 rings (SSSR count). The van der Waals surface area contributed by atoms with Crippen LogP contribution < -0.4 is 5.32 Å². The highest BCUT2D eigenvalue weighted by Crippen LogP contribution is 2.23. The number of aliphatic carboxylic acids is 1. The lowest BCUT2D eigenvalue weighted by Crippen LogP contribution is -2.25. The lowest BCUT2D eigenvalue weighted by Gasteiger charge is -2.11. The summed E-state index contributed by atoms with van der Waals surface area (Å²) >= 11 is 0. The zero-order valence-corrected chi connectivity index (χ0v) is 17.6. The van der Waals surface area contributed by atoms with Crippen molar-refractivity contribution in [3.63, 3.8) is 0 Å². The van der Waals surface area contributed by atoms with Crippen LogP contribution in [-0.4, -0.2) is 39.9 Å². The highest BCUT2D eigenvalue weighted by atomic mass is 16.5. The number of esters is 1. The fourth-order valence-corrected chi connectivity index (χ4v) is 3.46.